The fourth-order valence-electron chi connectivity index (χ4n) is 3.20. The summed E-state index contributed by atoms with van der Waals surface area (Å²) in [6.07, 6.45) is 3.07. The molecule has 1 aliphatic heterocycles. The first kappa shape index (κ1) is 16.1. The zero-order valence-electron chi connectivity index (χ0n) is 13.7. The maximum Gasteiger partial charge on any atom is 0.273 e. The fourth-order valence-corrected chi connectivity index (χ4v) is 3.20. The molecule has 0 bridgehead atoms. The zero-order chi connectivity index (χ0) is 17.4. The van der Waals surface area contributed by atoms with Gasteiger partial charge < -0.3 is 14.7 Å². The van der Waals surface area contributed by atoms with E-state index in [0.29, 0.717) is 30.4 Å². The Morgan fingerprint density at radius 3 is 2.84 bits per heavy atom. The van der Waals surface area contributed by atoms with Gasteiger partial charge in [0.2, 0.25) is 0 Å². The predicted molar refractivity (Wildman–Crippen MR) is 87.5 cm³/mol. The minimum atomic E-state index is -0.843. The molecular weight excluding hydrogens is 328 g/mol. The molecule has 2 aromatic rings. The number of nitrogens with zero attached hydrogens (tertiary/aromatic N) is 2. The van der Waals surface area contributed by atoms with Crippen molar-refractivity contribution >= 4 is 11.6 Å². The van der Waals surface area contributed by atoms with E-state index >= 15 is 0 Å². The smallest absolute Gasteiger partial charge is 0.273 e. The Labute approximate surface area is 144 Å². The van der Waals surface area contributed by atoms with E-state index < -0.39 is 11.6 Å². The highest BCUT2D eigenvalue weighted by Gasteiger charge is 2.29. The number of anilines is 1. The van der Waals surface area contributed by atoms with Gasteiger partial charge in [-0.1, -0.05) is 5.16 Å². The first-order chi connectivity index (χ1) is 12.1. The van der Waals surface area contributed by atoms with Crippen LogP contribution in [0.2, 0.25) is 0 Å². The van der Waals surface area contributed by atoms with Gasteiger partial charge in [-0.25, -0.2) is 8.78 Å². The van der Waals surface area contributed by atoms with Gasteiger partial charge in [-0.05, 0) is 37.3 Å². The van der Waals surface area contributed by atoms with Crippen LogP contribution in [0, 0.1) is 17.6 Å². The highest BCUT2D eigenvalue weighted by Crippen LogP contribution is 2.40. The highest BCUT2D eigenvalue weighted by molar-refractivity contribution is 5.92. The number of aromatic nitrogens is 1. The monoisotopic (exact) mass is 347 g/mol. The van der Waals surface area contributed by atoms with E-state index in [1.54, 1.807) is 12.1 Å². The zero-order valence-corrected chi connectivity index (χ0v) is 13.7. The number of hydrogen-bond acceptors (Lipinski definition) is 4. The van der Waals surface area contributed by atoms with Crippen LogP contribution in [0.1, 0.15) is 41.4 Å². The van der Waals surface area contributed by atoms with Crippen LogP contribution in [0.4, 0.5) is 14.5 Å². The van der Waals surface area contributed by atoms with Gasteiger partial charge in [0.05, 0.1) is 0 Å². The summed E-state index contributed by atoms with van der Waals surface area (Å²) in [5.74, 6) is -0.449. The van der Waals surface area contributed by atoms with E-state index in [1.165, 1.54) is 6.07 Å². The molecule has 1 aliphatic carbocycles. The largest absolute Gasteiger partial charge is 0.371 e. The van der Waals surface area contributed by atoms with Crippen LogP contribution in [-0.2, 0) is 0 Å². The molecule has 2 fully saturated rings. The van der Waals surface area contributed by atoms with Crippen molar-refractivity contribution in [3.05, 3.63) is 47.4 Å². The van der Waals surface area contributed by atoms with Gasteiger partial charge in [0, 0.05) is 43.4 Å². The van der Waals surface area contributed by atoms with Gasteiger partial charge in [-0.15, -0.1) is 0 Å². The molecular formula is C18H19F2N3O2. The molecule has 2 aliphatic rings. The Hall–Kier alpha value is -2.44. The van der Waals surface area contributed by atoms with Gasteiger partial charge in [0.1, 0.15) is 5.76 Å². The Morgan fingerprint density at radius 1 is 1.24 bits per heavy atom. The molecule has 1 aromatic carbocycles. The number of amides is 1. The quantitative estimate of drug-likeness (QED) is 0.903. The van der Waals surface area contributed by atoms with Crippen molar-refractivity contribution < 1.29 is 18.1 Å². The molecule has 0 spiro atoms. The second-order valence-corrected chi connectivity index (χ2v) is 6.80. The molecule has 7 heteroatoms. The van der Waals surface area contributed by atoms with Crippen LogP contribution in [0.25, 0.3) is 0 Å². The van der Waals surface area contributed by atoms with Crippen LogP contribution < -0.4 is 10.2 Å². The Morgan fingerprint density at radius 2 is 2.08 bits per heavy atom. The molecule has 132 valence electrons. The number of benzene rings is 1. The summed E-state index contributed by atoms with van der Waals surface area (Å²) in [7, 11) is 0. The van der Waals surface area contributed by atoms with Gasteiger partial charge in [0.15, 0.2) is 17.3 Å². The van der Waals surface area contributed by atoms with Crippen molar-refractivity contribution in [1.82, 2.24) is 10.5 Å². The van der Waals surface area contributed by atoms with Crippen molar-refractivity contribution in [1.29, 1.82) is 0 Å². The van der Waals surface area contributed by atoms with E-state index in [1.807, 2.05) is 4.90 Å². The minimum absolute atomic E-state index is 0.234. The minimum Gasteiger partial charge on any atom is -0.371 e. The second kappa shape index (κ2) is 6.46. The van der Waals surface area contributed by atoms with Crippen molar-refractivity contribution in [3.8, 4) is 0 Å². The van der Waals surface area contributed by atoms with E-state index in [4.69, 9.17) is 4.52 Å². The van der Waals surface area contributed by atoms with Crippen LogP contribution in [-0.4, -0.2) is 30.7 Å². The number of hydrogen-bond donors (Lipinski definition) is 1. The average Bonchev–Trinajstić information content (AvgIpc) is 3.15. The lowest BCUT2D eigenvalue weighted by Crippen LogP contribution is -2.31. The molecule has 4 rings (SSSR count). The van der Waals surface area contributed by atoms with Crippen LogP contribution in [0.15, 0.2) is 28.8 Å². The highest BCUT2D eigenvalue weighted by atomic mass is 19.2. The third-order valence-corrected chi connectivity index (χ3v) is 4.85. The van der Waals surface area contributed by atoms with Gasteiger partial charge in [-0.3, -0.25) is 4.79 Å². The summed E-state index contributed by atoms with van der Waals surface area (Å²) in [6, 6.07) is 5.65. The first-order valence-corrected chi connectivity index (χ1v) is 8.55. The summed E-state index contributed by atoms with van der Waals surface area (Å²) in [5, 5.41) is 6.71. The summed E-state index contributed by atoms with van der Waals surface area (Å²) in [4.78, 5) is 14.2. The molecule has 5 nitrogen and oxygen atoms in total. The molecule has 1 N–H and O–H groups in total. The second-order valence-electron chi connectivity index (χ2n) is 6.80. The molecule has 1 amide bonds. The summed E-state index contributed by atoms with van der Waals surface area (Å²) < 4.78 is 31.6. The molecule has 1 atom stereocenters. The van der Waals surface area contributed by atoms with E-state index in [9.17, 15) is 13.6 Å². The number of rotatable bonds is 5. The van der Waals surface area contributed by atoms with Crippen molar-refractivity contribution in [2.75, 3.05) is 24.5 Å². The Kier molecular flexibility index (Phi) is 4.15. The normalized spacial score (nSPS) is 20.1. The molecule has 0 radical (unpaired) electrons. The molecule has 1 saturated heterocycles. The standard InChI is InChI=1S/C18H19F2N3O2/c19-14-4-3-13(7-15(14)20)23-6-5-11(10-23)9-21-18(24)16-8-17(25-22-16)12-1-2-12/h3-4,7-8,11-12H,1-2,5-6,9-10H2,(H,21,24)/t11-/m0/s1. The van der Waals surface area contributed by atoms with Crippen molar-refractivity contribution in [2.45, 2.75) is 25.2 Å². The summed E-state index contributed by atoms with van der Waals surface area (Å²) >= 11 is 0. The first-order valence-electron chi connectivity index (χ1n) is 8.55. The number of carbonyl (C=O) groups excluding carboxylic acids is 1. The van der Waals surface area contributed by atoms with E-state index in [2.05, 4.69) is 10.5 Å². The van der Waals surface area contributed by atoms with Crippen LogP contribution in [0.3, 0.4) is 0 Å². The van der Waals surface area contributed by atoms with Crippen molar-refractivity contribution in [2.24, 2.45) is 5.92 Å². The Bertz CT molecular complexity index is 788. The molecule has 2 heterocycles. The van der Waals surface area contributed by atoms with Gasteiger partial charge in [-0.2, -0.15) is 0 Å². The van der Waals surface area contributed by atoms with Gasteiger partial charge >= 0.3 is 0 Å². The SMILES string of the molecule is O=C(NC[C@@H]1CCN(c2ccc(F)c(F)c2)C1)c1cc(C2CC2)on1. The van der Waals surface area contributed by atoms with E-state index in [0.717, 1.165) is 37.6 Å². The lowest BCUT2D eigenvalue weighted by Gasteiger charge is -2.19. The van der Waals surface area contributed by atoms with Crippen LogP contribution in [0.5, 0.6) is 0 Å². The predicted octanol–water partition coefficient (Wildman–Crippen LogP) is 3.09. The van der Waals surface area contributed by atoms with Gasteiger partial charge in [0.25, 0.3) is 5.91 Å². The fraction of sp³-hybridized carbons (Fsp3) is 0.444. The molecule has 0 unspecified atom stereocenters. The third kappa shape index (κ3) is 3.50. The topological polar surface area (TPSA) is 58.4 Å². The number of halogens is 2. The summed E-state index contributed by atoms with van der Waals surface area (Å²) in [6.45, 7) is 1.96. The lowest BCUT2D eigenvalue weighted by atomic mass is 10.1. The number of carbonyl (C=O) groups is 1. The Balaban J connectivity index is 1.30. The maximum absolute atomic E-state index is 13.4. The van der Waals surface area contributed by atoms with Crippen molar-refractivity contribution in [3.63, 3.8) is 0 Å². The van der Waals surface area contributed by atoms with E-state index in [-0.39, 0.29) is 11.8 Å². The molecule has 1 saturated carbocycles. The third-order valence-electron chi connectivity index (χ3n) is 4.85. The average molecular weight is 347 g/mol. The maximum atomic E-state index is 13.4. The molecule has 25 heavy (non-hydrogen) atoms. The lowest BCUT2D eigenvalue weighted by molar-refractivity contribution is 0.0939. The summed E-state index contributed by atoms with van der Waals surface area (Å²) in [5.41, 5.74) is 0.982. The van der Waals surface area contributed by atoms with Crippen LogP contribution >= 0.6 is 0 Å². The number of nitrogens with one attached hydrogen (secondary N) is 1. The molecule has 1 aromatic heterocycles.